The summed E-state index contributed by atoms with van der Waals surface area (Å²) in [6.07, 6.45) is 1.61. The van der Waals surface area contributed by atoms with E-state index in [0.29, 0.717) is 37.5 Å². The van der Waals surface area contributed by atoms with Gasteiger partial charge in [-0.15, -0.1) is 5.10 Å². The Kier molecular flexibility index (Phi) is 3.57. The Morgan fingerprint density at radius 2 is 2.40 bits per heavy atom. The lowest BCUT2D eigenvalue weighted by molar-refractivity contribution is 0.0727. The molecule has 1 fully saturated rings. The van der Waals surface area contributed by atoms with Crippen LogP contribution >= 0.6 is 0 Å². The number of aliphatic hydroxyl groups is 1. The van der Waals surface area contributed by atoms with Crippen molar-refractivity contribution >= 4 is 11.6 Å². The minimum atomic E-state index is -0.105. The number of ether oxygens (including phenoxy) is 1. The van der Waals surface area contributed by atoms with Crippen LogP contribution in [-0.2, 0) is 4.74 Å². The van der Waals surface area contributed by atoms with Crippen LogP contribution in [0, 0.1) is 5.92 Å². The fraction of sp³-hybridized carbons (Fsp3) is 0.500. The third-order valence-corrected chi connectivity index (χ3v) is 3.32. The Balaban J connectivity index is 1.82. The van der Waals surface area contributed by atoms with E-state index in [2.05, 4.69) is 15.5 Å². The number of carbonyl (C=O) groups excluding carboxylic acids is 1. The molecular formula is C12H15N5O3. The summed E-state index contributed by atoms with van der Waals surface area (Å²) < 4.78 is 6.84. The highest BCUT2D eigenvalue weighted by molar-refractivity contribution is 5.94. The molecule has 1 aliphatic heterocycles. The van der Waals surface area contributed by atoms with Crippen molar-refractivity contribution in [1.29, 1.82) is 0 Å². The van der Waals surface area contributed by atoms with Gasteiger partial charge < -0.3 is 14.7 Å². The highest BCUT2D eigenvalue weighted by Gasteiger charge is 2.23. The zero-order valence-electron chi connectivity index (χ0n) is 10.8. The zero-order chi connectivity index (χ0) is 13.9. The lowest BCUT2D eigenvalue weighted by atomic mass is 10.1. The van der Waals surface area contributed by atoms with Crippen LogP contribution in [0.5, 0.6) is 0 Å². The van der Waals surface area contributed by atoms with E-state index < -0.39 is 0 Å². The number of pyridine rings is 1. The number of fused-ring (bicyclic) bond motifs is 1. The molecule has 0 bridgehead atoms. The second-order valence-corrected chi connectivity index (χ2v) is 4.77. The molecule has 0 saturated carbocycles. The van der Waals surface area contributed by atoms with E-state index in [1.165, 1.54) is 4.52 Å². The van der Waals surface area contributed by atoms with Crippen LogP contribution in [-0.4, -0.2) is 68.9 Å². The van der Waals surface area contributed by atoms with Crippen LogP contribution in [0.25, 0.3) is 5.65 Å². The summed E-state index contributed by atoms with van der Waals surface area (Å²) in [6, 6.07) is 3.40. The first-order valence-electron chi connectivity index (χ1n) is 6.43. The van der Waals surface area contributed by atoms with E-state index in [1.807, 2.05) is 0 Å². The van der Waals surface area contributed by atoms with Crippen molar-refractivity contribution in [1.82, 2.24) is 24.9 Å². The normalized spacial score (nSPS) is 20.1. The summed E-state index contributed by atoms with van der Waals surface area (Å²) in [5.41, 5.74) is 1.11. The Bertz CT molecular complexity index is 614. The number of hydrogen-bond donors (Lipinski definition) is 1. The van der Waals surface area contributed by atoms with Gasteiger partial charge in [-0.2, -0.15) is 4.52 Å². The van der Waals surface area contributed by atoms with Crippen molar-refractivity contribution in [2.75, 3.05) is 32.9 Å². The van der Waals surface area contributed by atoms with Crippen LogP contribution < -0.4 is 0 Å². The highest BCUT2D eigenvalue weighted by atomic mass is 16.5. The van der Waals surface area contributed by atoms with Crippen molar-refractivity contribution in [3.05, 3.63) is 23.9 Å². The summed E-state index contributed by atoms with van der Waals surface area (Å²) in [5, 5.41) is 20.4. The molecule has 106 valence electrons. The second kappa shape index (κ2) is 5.51. The molecule has 1 aliphatic rings. The second-order valence-electron chi connectivity index (χ2n) is 4.77. The average molecular weight is 277 g/mol. The molecule has 0 aromatic carbocycles. The maximum atomic E-state index is 12.5. The first-order valence-corrected chi connectivity index (χ1v) is 6.43. The number of tetrazole rings is 1. The number of aromatic nitrogens is 4. The van der Waals surface area contributed by atoms with Gasteiger partial charge in [0.15, 0.2) is 5.65 Å². The van der Waals surface area contributed by atoms with Gasteiger partial charge >= 0.3 is 0 Å². The number of carbonyl (C=O) groups is 1. The van der Waals surface area contributed by atoms with E-state index >= 15 is 0 Å². The zero-order valence-corrected chi connectivity index (χ0v) is 10.8. The van der Waals surface area contributed by atoms with Gasteiger partial charge in [0.2, 0.25) is 0 Å². The smallest absolute Gasteiger partial charge is 0.255 e. The monoisotopic (exact) mass is 277 g/mol. The quantitative estimate of drug-likeness (QED) is 0.773. The summed E-state index contributed by atoms with van der Waals surface area (Å²) in [6.45, 7) is 1.98. The number of amides is 1. The summed E-state index contributed by atoms with van der Waals surface area (Å²) in [7, 11) is 0. The van der Waals surface area contributed by atoms with Crippen LogP contribution in [0.3, 0.4) is 0 Å². The number of rotatable bonds is 2. The molecule has 3 rings (SSSR count). The molecule has 8 heteroatoms. The molecule has 1 amide bonds. The van der Waals surface area contributed by atoms with Crippen molar-refractivity contribution in [2.45, 2.75) is 0 Å². The topological polar surface area (TPSA) is 92.9 Å². The third-order valence-electron chi connectivity index (χ3n) is 3.32. The van der Waals surface area contributed by atoms with Gasteiger partial charge in [-0.05, 0) is 22.6 Å². The molecule has 0 aliphatic carbocycles. The van der Waals surface area contributed by atoms with Crippen LogP contribution in [0.4, 0.5) is 0 Å². The van der Waals surface area contributed by atoms with Crippen LogP contribution in [0.2, 0.25) is 0 Å². The fourth-order valence-electron chi connectivity index (χ4n) is 2.23. The van der Waals surface area contributed by atoms with E-state index in [9.17, 15) is 9.90 Å². The highest BCUT2D eigenvalue weighted by Crippen LogP contribution is 2.11. The standard InChI is InChI=1S/C12H15N5O3/c18-7-9-5-16(3-4-20-8-9)12(19)10-1-2-11-13-14-15-17(11)6-10/h1-2,6,9,18H,3-5,7-8H2. The Morgan fingerprint density at radius 3 is 3.25 bits per heavy atom. The van der Waals surface area contributed by atoms with Crippen LogP contribution in [0.15, 0.2) is 18.3 Å². The minimum absolute atomic E-state index is 0.00973. The SMILES string of the molecule is O=C(c1ccc2nnnn2c1)N1CCOCC(CO)C1. The Labute approximate surface area is 114 Å². The Hall–Kier alpha value is -2.06. The molecule has 2 aromatic rings. The lowest BCUT2D eigenvalue weighted by Crippen LogP contribution is -2.36. The first-order chi connectivity index (χ1) is 9.78. The van der Waals surface area contributed by atoms with Crippen molar-refractivity contribution < 1.29 is 14.6 Å². The largest absolute Gasteiger partial charge is 0.396 e. The molecule has 1 atom stereocenters. The van der Waals surface area contributed by atoms with E-state index in [0.717, 1.165) is 0 Å². The third kappa shape index (κ3) is 2.47. The molecule has 0 radical (unpaired) electrons. The van der Waals surface area contributed by atoms with Crippen molar-refractivity contribution in [3.63, 3.8) is 0 Å². The average Bonchev–Trinajstić information content (AvgIpc) is 2.81. The lowest BCUT2D eigenvalue weighted by Gasteiger charge is -2.22. The van der Waals surface area contributed by atoms with Gasteiger partial charge in [-0.3, -0.25) is 4.79 Å². The van der Waals surface area contributed by atoms with Crippen molar-refractivity contribution in [2.24, 2.45) is 5.92 Å². The summed E-state index contributed by atoms with van der Waals surface area (Å²) >= 11 is 0. The van der Waals surface area contributed by atoms with E-state index in [4.69, 9.17) is 4.74 Å². The van der Waals surface area contributed by atoms with E-state index in [-0.39, 0.29) is 18.4 Å². The summed E-state index contributed by atoms with van der Waals surface area (Å²) in [5.74, 6) is -0.149. The van der Waals surface area contributed by atoms with Gasteiger partial charge in [-0.25, -0.2) is 0 Å². The molecule has 8 nitrogen and oxygen atoms in total. The van der Waals surface area contributed by atoms with Gasteiger partial charge in [-0.1, -0.05) is 0 Å². The van der Waals surface area contributed by atoms with Gasteiger partial charge in [0, 0.05) is 31.8 Å². The number of hydrogen-bond acceptors (Lipinski definition) is 6. The molecule has 1 saturated heterocycles. The number of nitrogens with zero attached hydrogens (tertiary/aromatic N) is 5. The Morgan fingerprint density at radius 1 is 1.50 bits per heavy atom. The first kappa shape index (κ1) is 12.9. The molecule has 2 aromatic heterocycles. The molecule has 0 spiro atoms. The predicted molar refractivity (Wildman–Crippen MR) is 68.1 cm³/mol. The van der Waals surface area contributed by atoms with Crippen molar-refractivity contribution in [3.8, 4) is 0 Å². The minimum Gasteiger partial charge on any atom is -0.396 e. The van der Waals surface area contributed by atoms with Gasteiger partial charge in [0.05, 0.1) is 18.8 Å². The predicted octanol–water partition coefficient (Wildman–Crippen LogP) is -0.795. The van der Waals surface area contributed by atoms with Crippen LogP contribution in [0.1, 0.15) is 10.4 Å². The number of aliphatic hydroxyl groups excluding tert-OH is 1. The van der Waals surface area contributed by atoms with E-state index in [1.54, 1.807) is 23.2 Å². The van der Waals surface area contributed by atoms with Gasteiger partial charge in [0.25, 0.3) is 5.91 Å². The molecule has 20 heavy (non-hydrogen) atoms. The van der Waals surface area contributed by atoms with Gasteiger partial charge in [0.1, 0.15) is 0 Å². The maximum absolute atomic E-state index is 12.5. The maximum Gasteiger partial charge on any atom is 0.255 e. The molecular weight excluding hydrogens is 262 g/mol. The molecule has 3 heterocycles. The summed E-state index contributed by atoms with van der Waals surface area (Å²) in [4.78, 5) is 14.2. The molecule has 1 unspecified atom stereocenters. The fourth-order valence-corrected chi connectivity index (χ4v) is 2.23. The molecule has 1 N–H and O–H groups in total.